The van der Waals surface area contributed by atoms with Crippen molar-refractivity contribution in [3.05, 3.63) is 108 Å². The number of carbonyl (C=O) groups excluding carboxylic acids is 2. The van der Waals surface area contributed by atoms with Crippen LogP contribution < -0.4 is 10.5 Å². The summed E-state index contributed by atoms with van der Waals surface area (Å²) in [6.45, 7) is 0.401. The van der Waals surface area contributed by atoms with Crippen molar-refractivity contribution in [2.45, 2.75) is 6.54 Å². The maximum absolute atomic E-state index is 12.7. The molecule has 6 nitrogen and oxygen atoms in total. The van der Waals surface area contributed by atoms with E-state index >= 15 is 0 Å². The molecule has 0 unspecified atom stereocenters. The van der Waals surface area contributed by atoms with Gasteiger partial charge in [-0.15, -0.1) is 0 Å². The van der Waals surface area contributed by atoms with E-state index < -0.39 is 12.0 Å². The summed E-state index contributed by atoms with van der Waals surface area (Å²) in [5.41, 5.74) is 10.5. The highest BCUT2D eigenvalue weighted by molar-refractivity contribution is 5.94. The first-order valence-electron chi connectivity index (χ1n) is 10.4. The third-order valence-corrected chi connectivity index (χ3v) is 5.19. The van der Waals surface area contributed by atoms with E-state index in [1.807, 2.05) is 48.5 Å². The van der Waals surface area contributed by atoms with Crippen LogP contribution >= 0.6 is 0 Å². The molecule has 0 aliphatic rings. The van der Waals surface area contributed by atoms with E-state index in [1.54, 1.807) is 55.8 Å². The van der Waals surface area contributed by atoms with Gasteiger partial charge in [-0.1, -0.05) is 42.5 Å². The second-order valence-electron chi connectivity index (χ2n) is 7.63. The third kappa shape index (κ3) is 5.43. The van der Waals surface area contributed by atoms with Crippen LogP contribution in [-0.4, -0.2) is 28.9 Å². The van der Waals surface area contributed by atoms with Crippen molar-refractivity contribution in [1.29, 1.82) is 0 Å². The van der Waals surface area contributed by atoms with Gasteiger partial charge in [0, 0.05) is 31.5 Å². The third-order valence-electron chi connectivity index (χ3n) is 5.19. The molecule has 0 atom stereocenters. The molecule has 2 N–H and O–H groups in total. The van der Waals surface area contributed by atoms with Gasteiger partial charge < -0.3 is 15.4 Å². The van der Waals surface area contributed by atoms with Gasteiger partial charge in [0.2, 0.25) is 5.91 Å². The SMILES string of the molecule is CN(Cc1cccc(-c2ccncc2)c1)C(=O)Oc1cccc(-c2cccc(C(N)=O)c2)c1. The zero-order chi connectivity index (χ0) is 23.2. The fraction of sp³-hybridized carbons (Fsp3) is 0.0741. The van der Waals surface area contributed by atoms with Crippen molar-refractivity contribution in [1.82, 2.24) is 9.88 Å². The number of carbonyl (C=O) groups is 2. The summed E-state index contributed by atoms with van der Waals surface area (Å²) in [6.07, 6.45) is 3.04. The molecule has 0 aliphatic heterocycles. The van der Waals surface area contributed by atoms with Crippen molar-refractivity contribution in [2.75, 3.05) is 7.05 Å². The van der Waals surface area contributed by atoms with Crippen LogP contribution in [0.15, 0.2) is 97.3 Å². The van der Waals surface area contributed by atoms with Crippen molar-refractivity contribution in [2.24, 2.45) is 5.73 Å². The Morgan fingerprint density at radius 2 is 1.45 bits per heavy atom. The van der Waals surface area contributed by atoms with Gasteiger partial charge in [0.05, 0.1) is 0 Å². The molecule has 33 heavy (non-hydrogen) atoms. The quantitative estimate of drug-likeness (QED) is 0.452. The van der Waals surface area contributed by atoms with Crippen LogP contribution in [0.25, 0.3) is 22.3 Å². The van der Waals surface area contributed by atoms with E-state index in [4.69, 9.17) is 10.5 Å². The highest BCUT2D eigenvalue weighted by atomic mass is 16.6. The predicted octanol–water partition coefficient (Wildman–Crippen LogP) is 5.15. The van der Waals surface area contributed by atoms with Gasteiger partial charge in [0.1, 0.15) is 5.75 Å². The lowest BCUT2D eigenvalue weighted by Crippen LogP contribution is -2.29. The highest BCUT2D eigenvalue weighted by Gasteiger charge is 2.13. The summed E-state index contributed by atoms with van der Waals surface area (Å²) < 4.78 is 5.59. The van der Waals surface area contributed by atoms with E-state index in [0.29, 0.717) is 17.9 Å². The van der Waals surface area contributed by atoms with E-state index in [1.165, 1.54) is 4.90 Å². The van der Waals surface area contributed by atoms with Crippen LogP contribution in [0.3, 0.4) is 0 Å². The molecule has 2 amide bonds. The van der Waals surface area contributed by atoms with Crippen molar-refractivity contribution in [3.8, 4) is 28.0 Å². The number of amides is 2. The van der Waals surface area contributed by atoms with Crippen LogP contribution in [0, 0.1) is 0 Å². The molecule has 0 spiro atoms. The van der Waals surface area contributed by atoms with Crippen LogP contribution in [-0.2, 0) is 6.54 Å². The van der Waals surface area contributed by atoms with E-state index in [0.717, 1.165) is 27.8 Å². The minimum atomic E-state index is -0.492. The first-order chi connectivity index (χ1) is 16.0. The van der Waals surface area contributed by atoms with E-state index in [9.17, 15) is 9.59 Å². The average Bonchev–Trinajstić information content (AvgIpc) is 2.85. The van der Waals surface area contributed by atoms with E-state index in [-0.39, 0.29) is 0 Å². The molecule has 164 valence electrons. The minimum Gasteiger partial charge on any atom is -0.410 e. The van der Waals surface area contributed by atoms with Gasteiger partial charge in [0.15, 0.2) is 0 Å². The predicted molar refractivity (Wildman–Crippen MR) is 128 cm³/mol. The zero-order valence-electron chi connectivity index (χ0n) is 18.1. The van der Waals surface area contributed by atoms with Crippen LogP contribution in [0.5, 0.6) is 5.75 Å². The summed E-state index contributed by atoms with van der Waals surface area (Å²) in [6, 6.07) is 26.1. The number of nitrogens with two attached hydrogens (primary N) is 1. The lowest BCUT2D eigenvalue weighted by Gasteiger charge is -2.18. The fourth-order valence-corrected chi connectivity index (χ4v) is 3.50. The molecule has 0 aliphatic carbocycles. The standard InChI is InChI=1S/C27H23N3O3/c1-30(18-19-5-2-6-21(15-19)20-11-13-29-14-12-20)27(32)33-25-10-4-8-23(17-25)22-7-3-9-24(16-22)26(28)31/h2-17H,18H2,1H3,(H2,28,31). The average molecular weight is 437 g/mol. The van der Waals surface area contributed by atoms with Gasteiger partial charge in [-0.3, -0.25) is 9.78 Å². The summed E-state index contributed by atoms with van der Waals surface area (Å²) in [7, 11) is 1.70. The number of hydrogen-bond donors (Lipinski definition) is 1. The number of nitrogens with zero attached hydrogens (tertiary/aromatic N) is 2. The molecule has 4 rings (SSSR count). The summed E-state index contributed by atoms with van der Waals surface area (Å²) in [4.78, 5) is 29.7. The number of pyridine rings is 1. The molecular weight excluding hydrogens is 414 g/mol. The first-order valence-corrected chi connectivity index (χ1v) is 10.4. The van der Waals surface area contributed by atoms with Gasteiger partial charge in [0.25, 0.3) is 0 Å². The summed E-state index contributed by atoms with van der Waals surface area (Å²) in [5.74, 6) is -0.0755. The van der Waals surface area contributed by atoms with E-state index in [2.05, 4.69) is 4.98 Å². The Morgan fingerprint density at radius 3 is 2.18 bits per heavy atom. The molecule has 0 saturated heterocycles. The largest absolute Gasteiger partial charge is 0.415 e. The lowest BCUT2D eigenvalue weighted by atomic mass is 10.0. The van der Waals surface area contributed by atoms with Crippen molar-refractivity contribution >= 4 is 12.0 Å². The molecule has 6 heteroatoms. The molecule has 3 aromatic carbocycles. The first kappa shape index (κ1) is 21.8. The Balaban J connectivity index is 1.45. The fourth-order valence-electron chi connectivity index (χ4n) is 3.50. The molecule has 4 aromatic rings. The van der Waals surface area contributed by atoms with Gasteiger partial charge in [-0.2, -0.15) is 0 Å². The molecular formula is C27H23N3O3. The highest BCUT2D eigenvalue weighted by Crippen LogP contribution is 2.25. The number of benzene rings is 3. The Morgan fingerprint density at radius 1 is 0.818 bits per heavy atom. The van der Waals surface area contributed by atoms with Crippen LogP contribution in [0.1, 0.15) is 15.9 Å². The Kier molecular flexibility index (Phi) is 6.45. The lowest BCUT2D eigenvalue weighted by molar-refractivity contribution is 0.1000. The number of ether oxygens (including phenoxy) is 1. The molecule has 1 heterocycles. The van der Waals surface area contributed by atoms with Crippen molar-refractivity contribution in [3.63, 3.8) is 0 Å². The van der Waals surface area contributed by atoms with Crippen molar-refractivity contribution < 1.29 is 14.3 Å². The van der Waals surface area contributed by atoms with Crippen LogP contribution in [0.2, 0.25) is 0 Å². The Hall–Kier alpha value is -4.45. The monoisotopic (exact) mass is 437 g/mol. The molecule has 1 aromatic heterocycles. The smallest absolute Gasteiger partial charge is 0.410 e. The number of hydrogen-bond acceptors (Lipinski definition) is 4. The zero-order valence-corrected chi connectivity index (χ0v) is 18.1. The van der Waals surface area contributed by atoms with Gasteiger partial charge in [-0.25, -0.2) is 4.79 Å². The second kappa shape index (κ2) is 9.78. The maximum atomic E-state index is 12.7. The Bertz CT molecular complexity index is 1290. The number of aromatic nitrogens is 1. The number of rotatable bonds is 6. The van der Waals surface area contributed by atoms with Crippen LogP contribution in [0.4, 0.5) is 4.79 Å². The summed E-state index contributed by atoms with van der Waals surface area (Å²) >= 11 is 0. The topological polar surface area (TPSA) is 85.5 Å². The maximum Gasteiger partial charge on any atom is 0.415 e. The number of primary amides is 1. The molecule has 0 saturated carbocycles. The van der Waals surface area contributed by atoms with Gasteiger partial charge in [-0.05, 0) is 70.3 Å². The normalized spacial score (nSPS) is 10.5. The summed E-state index contributed by atoms with van der Waals surface area (Å²) in [5, 5.41) is 0. The van der Waals surface area contributed by atoms with Gasteiger partial charge >= 0.3 is 6.09 Å². The minimum absolute atomic E-state index is 0.401. The molecule has 0 radical (unpaired) electrons. The second-order valence-corrected chi connectivity index (χ2v) is 7.63. The molecule has 0 fully saturated rings. The Labute approximate surface area is 192 Å². The molecule has 0 bridgehead atoms.